The molecule has 5 nitrogen and oxygen atoms in total. The second-order valence-corrected chi connectivity index (χ2v) is 6.60. The Morgan fingerprint density at radius 1 is 1.25 bits per heavy atom. The highest BCUT2D eigenvalue weighted by Crippen LogP contribution is 2.24. The number of pyridine rings is 1. The van der Waals surface area contributed by atoms with E-state index in [1.807, 2.05) is 6.07 Å². The van der Waals surface area contributed by atoms with Gasteiger partial charge in [0.2, 0.25) is 0 Å². The molecule has 106 valence electrons. The molecule has 1 aromatic heterocycles. The number of halogens is 1. The van der Waals surface area contributed by atoms with Gasteiger partial charge in [0.1, 0.15) is 0 Å². The van der Waals surface area contributed by atoms with Crippen LogP contribution in [0.3, 0.4) is 0 Å². The molecule has 0 unspecified atom stereocenters. The van der Waals surface area contributed by atoms with E-state index in [2.05, 4.69) is 31.0 Å². The largest absolute Gasteiger partial charge is 0.316 e. The first-order chi connectivity index (χ1) is 9.54. The van der Waals surface area contributed by atoms with E-state index in [1.54, 1.807) is 31.3 Å². The third-order valence-electron chi connectivity index (χ3n) is 2.65. The fraction of sp³-hybridized carbons (Fsp3) is 0.154. The van der Waals surface area contributed by atoms with Gasteiger partial charge in [-0.1, -0.05) is 18.2 Å². The van der Waals surface area contributed by atoms with Crippen molar-refractivity contribution in [2.45, 2.75) is 11.4 Å². The molecule has 2 rings (SSSR count). The first-order valence-corrected chi connectivity index (χ1v) is 8.17. The maximum absolute atomic E-state index is 12.5. The van der Waals surface area contributed by atoms with Gasteiger partial charge in [-0.05, 0) is 40.7 Å². The molecule has 0 fully saturated rings. The van der Waals surface area contributed by atoms with Crippen molar-refractivity contribution in [2.75, 3.05) is 11.8 Å². The molecule has 0 radical (unpaired) electrons. The first-order valence-electron chi connectivity index (χ1n) is 5.89. The minimum Gasteiger partial charge on any atom is -0.316 e. The third-order valence-corrected chi connectivity index (χ3v) is 4.74. The van der Waals surface area contributed by atoms with Crippen LogP contribution in [-0.4, -0.2) is 20.4 Å². The summed E-state index contributed by atoms with van der Waals surface area (Å²) in [5.41, 5.74) is 1.17. The smallest absolute Gasteiger partial charge is 0.262 e. The van der Waals surface area contributed by atoms with Crippen LogP contribution in [0, 0.1) is 0 Å². The van der Waals surface area contributed by atoms with Gasteiger partial charge in [-0.2, -0.15) is 0 Å². The summed E-state index contributed by atoms with van der Waals surface area (Å²) in [4.78, 5) is 4.17. The van der Waals surface area contributed by atoms with Gasteiger partial charge in [0.15, 0.2) is 0 Å². The molecular formula is C13H14BrN3O2S. The number of nitrogens with zero attached hydrogens (tertiary/aromatic N) is 1. The van der Waals surface area contributed by atoms with E-state index in [-0.39, 0.29) is 4.90 Å². The Hall–Kier alpha value is -1.44. The predicted molar refractivity (Wildman–Crippen MR) is 82.0 cm³/mol. The summed E-state index contributed by atoms with van der Waals surface area (Å²) in [6.45, 7) is 0.481. The molecule has 2 aromatic rings. The summed E-state index contributed by atoms with van der Waals surface area (Å²) in [6, 6.07) is 8.49. The van der Waals surface area contributed by atoms with Crippen LogP contribution in [0.4, 0.5) is 5.69 Å². The molecule has 0 amide bonds. The monoisotopic (exact) mass is 355 g/mol. The number of benzene rings is 1. The van der Waals surface area contributed by atoms with E-state index in [9.17, 15) is 8.42 Å². The summed E-state index contributed by atoms with van der Waals surface area (Å²) >= 11 is 3.27. The highest BCUT2D eigenvalue weighted by Gasteiger charge is 2.18. The van der Waals surface area contributed by atoms with Gasteiger partial charge in [-0.3, -0.25) is 9.71 Å². The topological polar surface area (TPSA) is 71.1 Å². The number of sulfonamides is 1. The lowest BCUT2D eigenvalue weighted by Gasteiger charge is -2.12. The lowest BCUT2D eigenvalue weighted by atomic mass is 10.2. The van der Waals surface area contributed by atoms with Gasteiger partial charge >= 0.3 is 0 Å². The molecule has 1 heterocycles. The van der Waals surface area contributed by atoms with Crippen molar-refractivity contribution < 1.29 is 8.42 Å². The standard InChI is InChI=1S/C13H14BrN3O2S/c1-15-8-10-4-2-3-5-13(10)20(18,19)17-12-6-7-16-9-11(12)14/h2-7,9,15H,8H2,1H3,(H,16,17). The molecule has 0 aliphatic carbocycles. The Bertz CT molecular complexity index is 704. The number of hydrogen-bond donors (Lipinski definition) is 2. The van der Waals surface area contributed by atoms with E-state index in [1.165, 1.54) is 12.4 Å². The fourth-order valence-electron chi connectivity index (χ4n) is 1.76. The highest BCUT2D eigenvalue weighted by atomic mass is 79.9. The van der Waals surface area contributed by atoms with Gasteiger partial charge < -0.3 is 5.32 Å². The number of rotatable bonds is 5. The zero-order chi connectivity index (χ0) is 14.6. The van der Waals surface area contributed by atoms with Gasteiger partial charge in [-0.25, -0.2) is 8.42 Å². The quantitative estimate of drug-likeness (QED) is 0.863. The van der Waals surface area contributed by atoms with Crippen molar-refractivity contribution in [2.24, 2.45) is 0 Å². The molecule has 20 heavy (non-hydrogen) atoms. The number of nitrogens with one attached hydrogen (secondary N) is 2. The van der Waals surface area contributed by atoms with Crippen molar-refractivity contribution in [3.8, 4) is 0 Å². The SMILES string of the molecule is CNCc1ccccc1S(=O)(=O)Nc1ccncc1Br. The predicted octanol–water partition coefficient (Wildman–Crippen LogP) is 2.36. The van der Waals surface area contributed by atoms with Crippen LogP contribution in [0.1, 0.15) is 5.56 Å². The van der Waals surface area contributed by atoms with Crippen LogP contribution in [0.5, 0.6) is 0 Å². The molecule has 0 atom stereocenters. The fourth-order valence-corrected chi connectivity index (χ4v) is 3.56. The van der Waals surface area contributed by atoms with Crippen molar-refractivity contribution in [1.82, 2.24) is 10.3 Å². The highest BCUT2D eigenvalue weighted by molar-refractivity contribution is 9.10. The van der Waals surface area contributed by atoms with Crippen molar-refractivity contribution in [1.29, 1.82) is 0 Å². The normalized spacial score (nSPS) is 11.3. The second kappa shape index (κ2) is 6.34. The summed E-state index contributed by atoms with van der Waals surface area (Å²) in [7, 11) is -1.86. The van der Waals surface area contributed by atoms with Gasteiger partial charge in [-0.15, -0.1) is 0 Å². The Morgan fingerprint density at radius 3 is 2.70 bits per heavy atom. The van der Waals surface area contributed by atoms with E-state index in [4.69, 9.17) is 0 Å². The van der Waals surface area contributed by atoms with Gasteiger partial charge in [0.05, 0.1) is 15.1 Å². The number of anilines is 1. The zero-order valence-electron chi connectivity index (χ0n) is 10.8. The molecule has 0 saturated heterocycles. The Labute approximate surface area is 126 Å². The average Bonchev–Trinajstić information content (AvgIpc) is 2.42. The molecule has 0 saturated carbocycles. The molecule has 1 aromatic carbocycles. The molecule has 0 aliphatic rings. The van der Waals surface area contributed by atoms with E-state index in [0.717, 1.165) is 0 Å². The van der Waals surface area contributed by atoms with Crippen LogP contribution in [0.15, 0.2) is 52.1 Å². The maximum atomic E-state index is 12.5. The summed E-state index contributed by atoms with van der Waals surface area (Å²) in [5, 5.41) is 2.96. The van der Waals surface area contributed by atoms with E-state index in [0.29, 0.717) is 22.3 Å². The maximum Gasteiger partial charge on any atom is 0.262 e. The van der Waals surface area contributed by atoms with Gasteiger partial charge in [0.25, 0.3) is 10.0 Å². The summed E-state index contributed by atoms with van der Waals surface area (Å²) in [6.07, 6.45) is 3.07. The third kappa shape index (κ3) is 3.36. The Balaban J connectivity index is 2.39. The molecule has 0 aliphatic heterocycles. The van der Waals surface area contributed by atoms with Crippen molar-refractivity contribution >= 4 is 31.6 Å². The first kappa shape index (κ1) is 15.0. The Kier molecular flexibility index (Phi) is 4.74. The number of hydrogen-bond acceptors (Lipinski definition) is 4. The zero-order valence-corrected chi connectivity index (χ0v) is 13.2. The van der Waals surface area contributed by atoms with Crippen LogP contribution < -0.4 is 10.0 Å². The van der Waals surface area contributed by atoms with E-state index >= 15 is 0 Å². The summed E-state index contributed by atoms with van der Waals surface area (Å²) in [5.74, 6) is 0. The lowest BCUT2D eigenvalue weighted by Crippen LogP contribution is -2.17. The Morgan fingerprint density at radius 2 is 2.00 bits per heavy atom. The second-order valence-electron chi connectivity index (χ2n) is 4.10. The van der Waals surface area contributed by atoms with Gasteiger partial charge in [0, 0.05) is 18.9 Å². The number of aromatic nitrogens is 1. The molecule has 0 spiro atoms. The average molecular weight is 356 g/mol. The molecule has 2 N–H and O–H groups in total. The minimum atomic E-state index is -3.64. The van der Waals surface area contributed by atoms with Crippen molar-refractivity contribution in [3.05, 3.63) is 52.8 Å². The van der Waals surface area contributed by atoms with Crippen LogP contribution in [0.25, 0.3) is 0 Å². The lowest BCUT2D eigenvalue weighted by molar-refractivity contribution is 0.599. The van der Waals surface area contributed by atoms with Crippen molar-refractivity contribution in [3.63, 3.8) is 0 Å². The molecule has 0 bridgehead atoms. The molecule has 7 heteroatoms. The van der Waals surface area contributed by atoms with Crippen LogP contribution in [-0.2, 0) is 16.6 Å². The van der Waals surface area contributed by atoms with E-state index < -0.39 is 10.0 Å². The minimum absolute atomic E-state index is 0.262. The summed E-state index contributed by atoms with van der Waals surface area (Å²) < 4.78 is 28.1. The molecular weight excluding hydrogens is 342 g/mol. The van der Waals surface area contributed by atoms with Crippen LogP contribution in [0.2, 0.25) is 0 Å². The van der Waals surface area contributed by atoms with Crippen LogP contribution >= 0.6 is 15.9 Å².